The number of carbonyl (C=O) groups excluding carboxylic acids is 1. The van der Waals surface area contributed by atoms with E-state index in [1.165, 1.54) is 24.4 Å². The van der Waals surface area contributed by atoms with Crippen molar-refractivity contribution < 1.29 is 13.6 Å². The highest BCUT2D eigenvalue weighted by atomic mass is 35.5. The molecule has 0 aliphatic heterocycles. The molecule has 2 rings (SSSR count). The van der Waals surface area contributed by atoms with Crippen molar-refractivity contribution in [2.75, 3.05) is 10.7 Å². The molecule has 1 heterocycles. The molecular weight excluding hydrogens is 290 g/mol. The summed E-state index contributed by atoms with van der Waals surface area (Å²) < 4.78 is 27.0. The summed E-state index contributed by atoms with van der Waals surface area (Å²) in [6.07, 6.45) is 1.22. The molecule has 2 aromatic rings. The molecule has 0 spiro atoms. The van der Waals surface area contributed by atoms with E-state index >= 15 is 0 Å². The number of amides is 1. The maximum atomic E-state index is 13.8. The second kappa shape index (κ2) is 5.81. The molecule has 0 bridgehead atoms. The number of nitrogens with one attached hydrogen (secondary N) is 2. The summed E-state index contributed by atoms with van der Waals surface area (Å²) in [6.45, 7) is 0. The number of nitrogen functional groups attached to an aromatic ring is 1. The molecule has 0 aliphatic carbocycles. The molecule has 20 heavy (non-hydrogen) atoms. The molecule has 1 aromatic carbocycles. The molecule has 0 atom stereocenters. The van der Waals surface area contributed by atoms with E-state index in [0.717, 1.165) is 6.07 Å². The number of anilines is 2. The van der Waals surface area contributed by atoms with Crippen molar-refractivity contribution in [3.05, 3.63) is 52.7 Å². The molecule has 104 valence electrons. The molecule has 0 saturated carbocycles. The van der Waals surface area contributed by atoms with E-state index in [9.17, 15) is 13.6 Å². The largest absolute Gasteiger partial charge is 0.322 e. The predicted octanol–water partition coefficient (Wildman–Crippen LogP) is 2.55. The zero-order valence-corrected chi connectivity index (χ0v) is 10.7. The number of benzene rings is 1. The van der Waals surface area contributed by atoms with Crippen LogP contribution in [0.1, 0.15) is 10.4 Å². The summed E-state index contributed by atoms with van der Waals surface area (Å²) in [5, 5.41) is 2.27. The number of nitrogens with zero attached hydrogens (tertiary/aromatic N) is 1. The van der Waals surface area contributed by atoms with Gasteiger partial charge in [0, 0.05) is 11.9 Å². The highest BCUT2D eigenvalue weighted by molar-refractivity contribution is 6.30. The second-order valence-corrected chi connectivity index (χ2v) is 4.16. The van der Waals surface area contributed by atoms with Gasteiger partial charge in [-0.15, -0.1) is 0 Å². The lowest BCUT2D eigenvalue weighted by Gasteiger charge is -2.08. The van der Waals surface area contributed by atoms with E-state index < -0.39 is 17.5 Å². The number of hydrazine groups is 1. The minimum Gasteiger partial charge on any atom is -0.322 e. The Kier molecular flexibility index (Phi) is 4.11. The number of hydrogen-bond donors (Lipinski definition) is 3. The van der Waals surface area contributed by atoms with Gasteiger partial charge in [-0.05, 0) is 24.3 Å². The van der Waals surface area contributed by atoms with Gasteiger partial charge in [0.05, 0.1) is 10.6 Å². The normalized spacial score (nSPS) is 10.2. The van der Waals surface area contributed by atoms with Crippen LogP contribution in [-0.2, 0) is 0 Å². The molecular formula is C12H9ClF2N4O. The van der Waals surface area contributed by atoms with Gasteiger partial charge >= 0.3 is 0 Å². The quantitative estimate of drug-likeness (QED) is 0.601. The fourth-order valence-corrected chi connectivity index (χ4v) is 1.61. The SMILES string of the molecule is NNc1nccc(C(=O)Nc2ccc(Cl)c(F)c2)c1F. The molecule has 5 nitrogen and oxygen atoms in total. The van der Waals surface area contributed by atoms with Crippen LogP contribution in [-0.4, -0.2) is 10.9 Å². The zero-order chi connectivity index (χ0) is 14.7. The number of pyridine rings is 1. The summed E-state index contributed by atoms with van der Waals surface area (Å²) in [7, 11) is 0. The molecule has 4 N–H and O–H groups in total. The summed E-state index contributed by atoms with van der Waals surface area (Å²) in [6, 6.07) is 4.88. The third kappa shape index (κ3) is 2.84. The van der Waals surface area contributed by atoms with Crippen LogP contribution < -0.4 is 16.6 Å². The van der Waals surface area contributed by atoms with Crippen molar-refractivity contribution in [3.8, 4) is 0 Å². The molecule has 0 aliphatic rings. The summed E-state index contributed by atoms with van der Waals surface area (Å²) >= 11 is 5.52. The lowest BCUT2D eigenvalue weighted by Crippen LogP contribution is -2.17. The Hall–Kier alpha value is -2.25. The fraction of sp³-hybridized carbons (Fsp3) is 0. The van der Waals surface area contributed by atoms with Crippen LogP contribution in [0.2, 0.25) is 5.02 Å². The van der Waals surface area contributed by atoms with Gasteiger partial charge in [-0.25, -0.2) is 19.6 Å². The molecule has 1 amide bonds. The van der Waals surface area contributed by atoms with Gasteiger partial charge < -0.3 is 10.7 Å². The van der Waals surface area contributed by atoms with Crippen LogP contribution in [0.4, 0.5) is 20.3 Å². The number of halogens is 3. The van der Waals surface area contributed by atoms with Gasteiger partial charge in [-0.3, -0.25) is 4.79 Å². The Morgan fingerprint density at radius 1 is 1.30 bits per heavy atom. The van der Waals surface area contributed by atoms with Crippen molar-refractivity contribution in [3.63, 3.8) is 0 Å². The van der Waals surface area contributed by atoms with E-state index in [4.69, 9.17) is 17.4 Å². The number of nitrogens with two attached hydrogens (primary N) is 1. The van der Waals surface area contributed by atoms with Crippen molar-refractivity contribution in [2.24, 2.45) is 5.84 Å². The predicted molar refractivity (Wildman–Crippen MR) is 71.4 cm³/mol. The lowest BCUT2D eigenvalue weighted by molar-refractivity contribution is 0.102. The van der Waals surface area contributed by atoms with E-state index in [-0.39, 0.29) is 22.1 Å². The minimum atomic E-state index is -0.901. The number of carbonyl (C=O) groups is 1. The topological polar surface area (TPSA) is 80.0 Å². The zero-order valence-electron chi connectivity index (χ0n) is 9.95. The Labute approximate surface area is 117 Å². The number of hydrogen-bond acceptors (Lipinski definition) is 4. The van der Waals surface area contributed by atoms with Crippen molar-refractivity contribution in [1.82, 2.24) is 4.98 Å². The van der Waals surface area contributed by atoms with Crippen molar-refractivity contribution >= 4 is 29.0 Å². The van der Waals surface area contributed by atoms with Gasteiger partial charge in [0.25, 0.3) is 5.91 Å². The molecule has 0 radical (unpaired) electrons. The second-order valence-electron chi connectivity index (χ2n) is 3.75. The first-order valence-electron chi connectivity index (χ1n) is 5.40. The van der Waals surface area contributed by atoms with Crippen LogP contribution in [0.3, 0.4) is 0 Å². The third-order valence-corrected chi connectivity index (χ3v) is 2.75. The Bertz CT molecular complexity index is 666. The smallest absolute Gasteiger partial charge is 0.258 e. The van der Waals surface area contributed by atoms with E-state index in [1.54, 1.807) is 0 Å². The first kappa shape index (κ1) is 14.2. The van der Waals surface area contributed by atoms with E-state index in [1.807, 2.05) is 5.43 Å². The summed E-state index contributed by atoms with van der Waals surface area (Å²) in [5.74, 6) is 2.44. The van der Waals surface area contributed by atoms with Crippen LogP contribution in [0.25, 0.3) is 0 Å². The highest BCUT2D eigenvalue weighted by Crippen LogP contribution is 2.20. The summed E-state index contributed by atoms with van der Waals surface area (Å²) in [4.78, 5) is 15.5. The maximum absolute atomic E-state index is 13.8. The molecule has 1 aromatic heterocycles. The van der Waals surface area contributed by atoms with Gasteiger partial charge in [0.15, 0.2) is 11.6 Å². The van der Waals surface area contributed by atoms with Crippen LogP contribution >= 0.6 is 11.6 Å². The van der Waals surface area contributed by atoms with Crippen molar-refractivity contribution in [1.29, 1.82) is 0 Å². The van der Waals surface area contributed by atoms with Crippen molar-refractivity contribution in [2.45, 2.75) is 0 Å². The highest BCUT2D eigenvalue weighted by Gasteiger charge is 2.16. The van der Waals surface area contributed by atoms with Gasteiger partial charge in [0.2, 0.25) is 0 Å². The molecule has 0 saturated heterocycles. The van der Waals surface area contributed by atoms with Gasteiger partial charge in [0.1, 0.15) is 5.82 Å². The van der Waals surface area contributed by atoms with Crippen LogP contribution in [0.5, 0.6) is 0 Å². The average Bonchev–Trinajstić information content (AvgIpc) is 2.43. The number of aromatic nitrogens is 1. The average molecular weight is 299 g/mol. The molecule has 0 unspecified atom stereocenters. The monoisotopic (exact) mass is 298 g/mol. The van der Waals surface area contributed by atoms with Gasteiger partial charge in [-0.2, -0.15) is 0 Å². The van der Waals surface area contributed by atoms with Crippen LogP contribution in [0.15, 0.2) is 30.5 Å². The molecule has 8 heteroatoms. The first-order valence-corrected chi connectivity index (χ1v) is 5.78. The first-order chi connectivity index (χ1) is 9.52. The Balaban J connectivity index is 2.26. The maximum Gasteiger partial charge on any atom is 0.258 e. The minimum absolute atomic E-state index is 0.0762. The third-order valence-electron chi connectivity index (χ3n) is 2.45. The summed E-state index contributed by atoms with van der Waals surface area (Å²) in [5.41, 5.74) is 1.90. The van der Waals surface area contributed by atoms with Crippen LogP contribution in [0, 0.1) is 11.6 Å². The lowest BCUT2D eigenvalue weighted by atomic mass is 10.2. The standard InChI is InChI=1S/C12H9ClF2N4O/c13-8-2-1-6(5-9(8)14)18-12(20)7-3-4-17-11(19-16)10(7)15/h1-5H,16H2,(H,17,19)(H,18,20). The number of rotatable bonds is 3. The molecule has 0 fully saturated rings. The van der Waals surface area contributed by atoms with Gasteiger partial charge in [-0.1, -0.05) is 11.6 Å². The fourth-order valence-electron chi connectivity index (χ4n) is 1.49. The van der Waals surface area contributed by atoms with E-state index in [0.29, 0.717) is 0 Å². The Morgan fingerprint density at radius 2 is 2.05 bits per heavy atom. The Morgan fingerprint density at radius 3 is 2.70 bits per heavy atom. The van der Waals surface area contributed by atoms with E-state index in [2.05, 4.69) is 10.3 Å².